The van der Waals surface area contributed by atoms with E-state index in [2.05, 4.69) is 44.3 Å². The number of nitrogens with one attached hydrogen (secondary N) is 1. The Hall–Kier alpha value is -1.06. The predicted molar refractivity (Wildman–Crippen MR) is 86.8 cm³/mol. The summed E-state index contributed by atoms with van der Waals surface area (Å²) in [5.41, 5.74) is 2.73. The van der Waals surface area contributed by atoms with Crippen LogP contribution in [0.5, 0.6) is 5.75 Å². The lowest BCUT2D eigenvalue weighted by Gasteiger charge is -2.28. The minimum atomic E-state index is 0.208. The summed E-state index contributed by atoms with van der Waals surface area (Å²) in [6, 6.07) is 6.79. The molecule has 0 aliphatic carbocycles. The summed E-state index contributed by atoms with van der Waals surface area (Å²) in [5.74, 6) is 1.07. The van der Waals surface area contributed by atoms with E-state index in [4.69, 9.17) is 9.84 Å². The van der Waals surface area contributed by atoms with Crippen molar-refractivity contribution in [3.8, 4) is 5.75 Å². The third kappa shape index (κ3) is 4.45. The second-order valence-electron chi connectivity index (χ2n) is 6.91. The first-order chi connectivity index (χ1) is 10.0. The Labute approximate surface area is 128 Å². The van der Waals surface area contributed by atoms with Gasteiger partial charge in [-0.15, -0.1) is 0 Å². The average molecular weight is 291 g/mol. The van der Waals surface area contributed by atoms with Crippen LogP contribution in [-0.4, -0.2) is 24.9 Å². The van der Waals surface area contributed by atoms with Gasteiger partial charge >= 0.3 is 0 Å². The molecule has 0 bridgehead atoms. The Morgan fingerprint density at radius 3 is 2.95 bits per heavy atom. The van der Waals surface area contributed by atoms with Crippen LogP contribution < -0.4 is 10.1 Å². The van der Waals surface area contributed by atoms with Crippen LogP contribution in [0.3, 0.4) is 0 Å². The molecule has 0 saturated carbocycles. The second kappa shape index (κ2) is 7.28. The first kappa shape index (κ1) is 16.3. The molecule has 1 aliphatic rings. The van der Waals surface area contributed by atoms with Gasteiger partial charge in [0.1, 0.15) is 5.75 Å². The largest absolute Gasteiger partial charge is 0.493 e. The van der Waals surface area contributed by atoms with E-state index in [-0.39, 0.29) is 12.0 Å². The van der Waals surface area contributed by atoms with Gasteiger partial charge in [-0.05, 0) is 43.6 Å². The maximum absolute atomic E-state index is 9.01. The van der Waals surface area contributed by atoms with Crippen molar-refractivity contribution in [2.45, 2.75) is 52.5 Å². The fraction of sp³-hybridized carbons (Fsp3) is 0.667. The Bertz CT molecular complexity index is 457. The summed E-state index contributed by atoms with van der Waals surface area (Å²) in [6.07, 6.45) is 4.12. The molecule has 0 spiro atoms. The number of para-hydroxylation sites is 1. The molecule has 0 aromatic heterocycles. The lowest BCUT2D eigenvalue weighted by Crippen LogP contribution is -2.32. The minimum absolute atomic E-state index is 0.208. The maximum Gasteiger partial charge on any atom is 0.126 e. The third-order valence-corrected chi connectivity index (χ3v) is 4.34. The van der Waals surface area contributed by atoms with Gasteiger partial charge in [0.15, 0.2) is 0 Å². The monoisotopic (exact) mass is 291 g/mol. The molecule has 1 atom stereocenters. The first-order valence-corrected chi connectivity index (χ1v) is 8.10. The molecule has 118 valence electrons. The summed E-state index contributed by atoms with van der Waals surface area (Å²) < 4.78 is 5.93. The van der Waals surface area contributed by atoms with Crippen molar-refractivity contribution in [1.29, 1.82) is 0 Å². The van der Waals surface area contributed by atoms with Crippen LogP contribution in [-0.2, 0) is 0 Å². The number of benzene rings is 1. The number of hydrogen-bond donors (Lipinski definition) is 2. The van der Waals surface area contributed by atoms with Crippen molar-refractivity contribution in [2.24, 2.45) is 5.41 Å². The number of aliphatic hydroxyl groups excluding tert-OH is 1. The van der Waals surface area contributed by atoms with E-state index >= 15 is 0 Å². The Balaban J connectivity index is 2.05. The van der Waals surface area contributed by atoms with E-state index in [0.29, 0.717) is 6.04 Å². The van der Waals surface area contributed by atoms with Gasteiger partial charge < -0.3 is 15.2 Å². The van der Waals surface area contributed by atoms with Crippen molar-refractivity contribution in [1.82, 2.24) is 5.32 Å². The standard InChI is InChI=1S/C18H29NO2/c1-14-7-4-8-15-16(9-5-12-21-17(14)15)19-13-18(2,3)10-6-11-20/h4,7-8,16,19-20H,5-6,9-13H2,1-3H3. The van der Waals surface area contributed by atoms with E-state index in [0.717, 1.165) is 44.6 Å². The highest BCUT2D eigenvalue weighted by atomic mass is 16.5. The fourth-order valence-corrected chi connectivity index (χ4v) is 3.02. The van der Waals surface area contributed by atoms with Crippen LogP contribution in [0.15, 0.2) is 18.2 Å². The van der Waals surface area contributed by atoms with Gasteiger partial charge in [0.2, 0.25) is 0 Å². The third-order valence-electron chi connectivity index (χ3n) is 4.34. The van der Waals surface area contributed by atoms with E-state index < -0.39 is 0 Å². The molecule has 1 aromatic carbocycles. The van der Waals surface area contributed by atoms with E-state index in [9.17, 15) is 0 Å². The highest BCUT2D eigenvalue weighted by Crippen LogP contribution is 2.34. The minimum Gasteiger partial charge on any atom is -0.493 e. The van der Waals surface area contributed by atoms with Gasteiger partial charge in [0.25, 0.3) is 0 Å². The van der Waals surface area contributed by atoms with Gasteiger partial charge in [0, 0.05) is 24.8 Å². The summed E-state index contributed by atoms with van der Waals surface area (Å²) >= 11 is 0. The fourth-order valence-electron chi connectivity index (χ4n) is 3.02. The summed E-state index contributed by atoms with van der Waals surface area (Å²) in [7, 11) is 0. The highest BCUT2D eigenvalue weighted by Gasteiger charge is 2.24. The predicted octanol–water partition coefficient (Wildman–Crippen LogP) is 3.60. The van der Waals surface area contributed by atoms with Gasteiger partial charge in [-0.2, -0.15) is 0 Å². The molecule has 1 aromatic rings. The van der Waals surface area contributed by atoms with Crippen molar-refractivity contribution in [3.05, 3.63) is 29.3 Å². The van der Waals surface area contributed by atoms with E-state index in [1.807, 2.05) is 0 Å². The summed E-state index contributed by atoms with van der Waals surface area (Å²) in [4.78, 5) is 0. The van der Waals surface area contributed by atoms with Crippen LogP contribution in [0, 0.1) is 12.3 Å². The topological polar surface area (TPSA) is 41.5 Å². The van der Waals surface area contributed by atoms with Crippen LogP contribution in [0.25, 0.3) is 0 Å². The molecule has 1 heterocycles. The molecule has 0 fully saturated rings. The van der Waals surface area contributed by atoms with Gasteiger partial charge in [0.05, 0.1) is 6.61 Å². The van der Waals surface area contributed by atoms with Crippen molar-refractivity contribution in [3.63, 3.8) is 0 Å². The highest BCUT2D eigenvalue weighted by molar-refractivity contribution is 5.43. The molecule has 2 N–H and O–H groups in total. The zero-order valence-corrected chi connectivity index (χ0v) is 13.6. The number of ether oxygens (including phenoxy) is 1. The molecule has 2 rings (SSSR count). The zero-order valence-electron chi connectivity index (χ0n) is 13.6. The molecule has 21 heavy (non-hydrogen) atoms. The van der Waals surface area contributed by atoms with Gasteiger partial charge in [-0.3, -0.25) is 0 Å². The van der Waals surface area contributed by atoms with E-state index in [1.54, 1.807) is 0 Å². The summed E-state index contributed by atoms with van der Waals surface area (Å²) in [5, 5.41) is 12.7. The molecule has 0 radical (unpaired) electrons. The quantitative estimate of drug-likeness (QED) is 0.841. The SMILES string of the molecule is Cc1cccc2c1OCCCC2NCC(C)(C)CCCO. The van der Waals surface area contributed by atoms with Crippen LogP contribution in [0.4, 0.5) is 0 Å². The Morgan fingerprint density at radius 2 is 2.19 bits per heavy atom. The lowest BCUT2D eigenvalue weighted by atomic mass is 9.87. The van der Waals surface area contributed by atoms with Crippen LogP contribution in [0.2, 0.25) is 0 Å². The summed E-state index contributed by atoms with van der Waals surface area (Å²) in [6.45, 7) is 8.70. The van der Waals surface area contributed by atoms with Crippen molar-refractivity contribution >= 4 is 0 Å². The van der Waals surface area contributed by atoms with E-state index in [1.165, 1.54) is 11.1 Å². The molecule has 0 amide bonds. The van der Waals surface area contributed by atoms with Gasteiger partial charge in [-0.1, -0.05) is 32.0 Å². The zero-order chi connectivity index (χ0) is 15.3. The molecule has 0 saturated heterocycles. The smallest absolute Gasteiger partial charge is 0.126 e. The number of aliphatic hydroxyl groups is 1. The Kier molecular flexibility index (Phi) is 5.65. The second-order valence-corrected chi connectivity index (χ2v) is 6.91. The molecular formula is C18H29NO2. The average Bonchev–Trinajstić information content (AvgIpc) is 2.67. The Morgan fingerprint density at radius 1 is 1.38 bits per heavy atom. The lowest BCUT2D eigenvalue weighted by molar-refractivity contribution is 0.230. The number of fused-ring (bicyclic) bond motifs is 1. The normalized spacial score (nSPS) is 18.8. The van der Waals surface area contributed by atoms with Gasteiger partial charge in [-0.25, -0.2) is 0 Å². The number of aryl methyl sites for hydroxylation is 1. The maximum atomic E-state index is 9.01. The van der Waals surface area contributed by atoms with Crippen LogP contribution >= 0.6 is 0 Å². The molecule has 3 nitrogen and oxygen atoms in total. The number of rotatable bonds is 6. The number of hydrogen-bond acceptors (Lipinski definition) is 3. The molecular weight excluding hydrogens is 262 g/mol. The first-order valence-electron chi connectivity index (χ1n) is 8.10. The molecule has 3 heteroatoms. The van der Waals surface area contributed by atoms with Crippen molar-refractivity contribution < 1.29 is 9.84 Å². The molecule has 1 unspecified atom stereocenters. The van der Waals surface area contributed by atoms with Crippen LogP contribution in [0.1, 0.15) is 56.7 Å². The van der Waals surface area contributed by atoms with Crippen molar-refractivity contribution in [2.75, 3.05) is 19.8 Å². The molecule has 1 aliphatic heterocycles.